The number of hydrogen-bond donors (Lipinski definition) is 4. The third kappa shape index (κ3) is 2.76. The molecule has 20 heavy (non-hydrogen) atoms. The summed E-state index contributed by atoms with van der Waals surface area (Å²) in [7, 11) is -7.76. The quantitative estimate of drug-likeness (QED) is 0.364. The number of Topliss-reactive ketones (excluding diaryl/α,β-unsaturated/α-hetero) is 1. The van der Waals surface area contributed by atoms with Crippen molar-refractivity contribution in [3.63, 3.8) is 0 Å². The standard InChI is InChI=1S/C10H11NO7P2/c12-9(10(13,19(14)15)18-20(16)17)8-5-6-3-1-2-4-7(6)11-8/h1-5,11,13,19-20H,(H,14,15)(H,16,17). The lowest BCUT2D eigenvalue weighted by Gasteiger charge is -2.20. The third-order valence-electron chi connectivity index (χ3n) is 2.61. The molecule has 0 radical (unpaired) electrons. The number of ketones is 1. The fourth-order valence-electron chi connectivity index (χ4n) is 1.69. The average molecular weight is 319 g/mol. The summed E-state index contributed by atoms with van der Waals surface area (Å²) >= 11 is 0. The van der Waals surface area contributed by atoms with Crippen LogP contribution in [0.5, 0.6) is 0 Å². The number of aromatic amines is 1. The van der Waals surface area contributed by atoms with Crippen LogP contribution in [0.15, 0.2) is 30.3 Å². The fraction of sp³-hybridized carbons (Fsp3) is 0.100. The minimum atomic E-state index is -3.97. The molecule has 3 unspecified atom stereocenters. The Labute approximate surface area is 113 Å². The Morgan fingerprint density at radius 3 is 2.45 bits per heavy atom. The van der Waals surface area contributed by atoms with E-state index < -0.39 is 27.6 Å². The van der Waals surface area contributed by atoms with E-state index in [1.807, 2.05) is 0 Å². The van der Waals surface area contributed by atoms with E-state index in [1.54, 1.807) is 24.3 Å². The Morgan fingerprint density at radius 2 is 1.90 bits per heavy atom. The minimum Gasteiger partial charge on any atom is -0.352 e. The van der Waals surface area contributed by atoms with Crippen molar-refractivity contribution in [1.82, 2.24) is 4.98 Å². The van der Waals surface area contributed by atoms with Crippen molar-refractivity contribution in [1.29, 1.82) is 0 Å². The molecule has 0 spiro atoms. The maximum atomic E-state index is 12.0. The first kappa shape index (κ1) is 15.1. The number of carbonyl (C=O) groups is 1. The summed E-state index contributed by atoms with van der Waals surface area (Å²) < 4.78 is 25.8. The molecule has 0 aliphatic heterocycles. The molecular formula is C10H11NO7P2. The van der Waals surface area contributed by atoms with Crippen LogP contribution in [0.2, 0.25) is 0 Å². The van der Waals surface area contributed by atoms with Gasteiger partial charge < -0.3 is 19.9 Å². The lowest BCUT2D eigenvalue weighted by Crippen LogP contribution is -2.36. The van der Waals surface area contributed by atoms with Crippen LogP contribution >= 0.6 is 16.3 Å². The number of hydrogen-bond acceptors (Lipinski definition) is 5. The molecule has 0 saturated carbocycles. The number of para-hydroxylation sites is 1. The van der Waals surface area contributed by atoms with Gasteiger partial charge in [0.25, 0.3) is 8.03 Å². The molecule has 0 aliphatic rings. The van der Waals surface area contributed by atoms with E-state index in [1.165, 1.54) is 6.07 Å². The Bertz CT molecular complexity index is 679. The number of rotatable bonds is 5. The van der Waals surface area contributed by atoms with Crippen LogP contribution in [0.1, 0.15) is 10.5 Å². The number of carbonyl (C=O) groups excluding carboxylic acids is 1. The van der Waals surface area contributed by atoms with Crippen LogP contribution in [0.4, 0.5) is 0 Å². The first-order valence-corrected chi connectivity index (χ1v) is 7.97. The van der Waals surface area contributed by atoms with Crippen LogP contribution in [-0.4, -0.2) is 31.2 Å². The maximum Gasteiger partial charge on any atom is 0.319 e. The summed E-state index contributed by atoms with van der Waals surface area (Å²) in [5.41, 5.74) is -2.87. The van der Waals surface area contributed by atoms with Crippen molar-refractivity contribution in [3.05, 3.63) is 36.0 Å². The summed E-state index contributed by atoms with van der Waals surface area (Å²) in [4.78, 5) is 32.3. The van der Waals surface area contributed by atoms with E-state index in [9.17, 15) is 19.0 Å². The molecule has 0 bridgehead atoms. The summed E-state index contributed by atoms with van der Waals surface area (Å²) in [6, 6.07) is 8.10. The molecule has 2 rings (SSSR count). The number of aliphatic hydroxyl groups is 1. The zero-order valence-corrected chi connectivity index (χ0v) is 11.9. The molecule has 1 aromatic heterocycles. The second kappa shape index (κ2) is 5.61. The largest absolute Gasteiger partial charge is 0.352 e. The van der Waals surface area contributed by atoms with Gasteiger partial charge in [0.15, 0.2) is 0 Å². The first-order valence-electron chi connectivity index (χ1n) is 5.35. The molecule has 0 aliphatic carbocycles. The second-order valence-electron chi connectivity index (χ2n) is 3.92. The zero-order chi connectivity index (χ0) is 14.9. The van der Waals surface area contributed by atoms with Crippen molar-refractivity contribution in [2.45, 2.75) is 5.53 Å². The first-order chi connectivity index (χ1) is 9.34. The Hall–Kier alpha value is -1.27. The van der Waals surface area contributed by atoms with Crippen LogP contribution < -0.4 is 0 Å². The smallest absolute Gasteiger partial charge is 0.319 e. The van der Waals surface area contributed by atoms with Gasteiger partial charge in [-0.1, -0.05) is 18.2 Å². The van der Waals surface area contributed by atoms with Gasteiger partial charge in [-0.25, -0.2) is 0 Å². The molecule has 10 heteroatoms. The van der Waals surface area contributed by atoms with Gasteiger partial charge in [-0.05, 0) is 12.1 Å². The van der Waals surface area contributed by atoms with Crippen LogP contribution in [0.3, 0.4) is 0 Å². The highest BCUT2D eigenvalue weighted by molar-refractivity contribution is 7.42. The highest BCUT2D eigenvalue weighted by Gasteiger charge is 2.46. The molecule has 4 N–H and O–H groups in total. The summed E-state index contributed by atoms with van der Waals surface area (Å²) in [5, 5.41) is 10.4. The number of fused-ring (bicyclic) bond motifs is 1. The van der Waals surface area contributed by atoms with Gasteiger partial charge in [0.2, 0.25) is 5.78 Å². The SMILES string of the molecule is O=C(c1cc2ccccc2[nH]1)C(O)(O[PH](=O)O)[PH](=O)O. The molecule has 108 valence electrons. The molecule has 2 aromatic rings. The predicted molar refractivity (Wildman–Crippen MR) is 71.1 cm³/mol. The lowest BCUT2D eigenvalue weighted by molar-refractivity contribution is -0.0425. The number of H-pyrrole nitrogens is 1. The van der Waals surface area contributed by atoms with Gasteiger partial charge in [0.05, 0.1) is 5.69 Å². The molecule has 3 atom stereocenters. The third-order valence-corrected chi connectivity index (χ3v) is 4.19. The second-order valence-corrected chi connectivity index (χ2v) is 5.94. The Balaban J connectivity index is 2.46. The number of benzene rings is 1. The molecule has 8 nitrogen and oxygen atoms in total. The molecule has 0 fully saturated rings. The molecular weight excluding hydrogens is 308 g/mol. The fourth-order valence-corrected chi connectivity index (χ4v) is 2.98. The lowest BCUT2D eigenvalue weighted by atomic mass is 10.2. The van der Waals surface area contributed by atoms with E-state index in [0.29, 0.717) is 10.9 Å². The van der Waals surface area contributed by atoms with Crippen LogP contribution in [0, 0.1) is 0 Å². The van der Waals surface area contributed by atoms with E-state index in [0.717, 1.165) is 0 Å². The van der Waals surface area contributed by atoms with E-state index >= 15 is 0 Å². The summed E-state index contributed by atoms with van der Waals surface area (Å²) in [6.07, 6.45) is 0. The van der Waals surface area contributed by atoms with Crippen molar-refractivity contribution >= 4 is 33.0 Å². The van der Waals surface area contributed by atoms with Crippen molar-refractivity contribution < 1.29 is 33.3 Å². The van der Waals surface area contributed by atoms with Crippen molar-refractivity contribution in [3.8, 4) is 0 Å². The summed E-state index contributed by atoms with van der Waals surface area (Å²) in [5.74, 6) is -1.28. The minimum absolute atomic E-state index is 0.204. The summed E-state index contributed by atoms with van der Waals surface area (Å²) in [6.45, 7) is 0. The Kier molecular flexibility index (Phi) is 4.25. The van der Waals surface area contributed by atoms with Crippen molar-refractivity contribution in [2.75, 3.05) is 0 Å². The number of nitrogens with one attached hydrogen (secondary N) is 1. The molecule has 0 amide bonds. The zero-order valence-electron chi connectivity index (χ0n) is 9.86. The normalized spacial score (nSPS) is 17.6. The van der Waals surface area contributed by atoms with Gasteiger partial charge in [0, 0.05) is 10.9 Å². The maximum absolute atomic E-state index is 12.0. The van der Waals surface area contributed by atoms with E-state index in [4.69, 9.17) is 9.79 Å². The van der Waals surface area contributed by atoms with Gasteiger partial charge in [0.1, 0.15) is 0 Å². The highest BCUT2D eigenvalue weighted by Crippen LogP contribution is 2.42. The molecule has 1 heterocycles. The van der Waals surface area contributed by atoms with E-state index in [2.05, 4.69) is 9.51 Å². The Morgan fingerprint density at radius 1 is 1.25 bits per heavy atom. The van der Waals surface area contributed by atoms with Gasteiger partial charge in [-0.2, -0.15) is 0 Å². The van der Waals surface area contributed by atoms with Gasteiger partial charge >= 0.3 is 13.8 Å². The van der Waals surface area contributed by atoms with Crippen molar-refractivity contribution in [2.24, 2.45) is 0 Å². The topological polar surface area (TPSA) is 137 Å². The number of aromatic nitrogens is 1. The van der Waals surface area contributed by atoms with Gasteiger partial charge in [-0.3, -0.25) is 18.4 Å². The average Bonchev–Trinajstić information content (AvgIpc) is 2.80. The van der Waals surface area contributed by atoms with Crippen LogP contribution in [0.25, 0.3) is 10.9 Å². The monoisotopic (exact) mass is 319 g/mol. The molecule has 0 saturated heterocycles. The highest BCUT2D eigenvalue weighted by atomic mass is 31.1. The van der Waals surface area contributed by atoms with Gasteiger partial charge in [-0.15, -0.1) is 0 Å². The van der Waals surface area contributed by atoms with E-state index in [-0.39, 0.29) is 5.69 Å². The molecule has 1 aromatic carbocycles. The van der Waals surface area contributed by atoms with Crippen LogP contribution in [-0.2, 0) is 13.7 Å². The predicted octanol–water partition coefficient (Wildman–Crippen LogP) is 0.862.